The summed E-state index contributed by atoms with van der Waals surface area (Å²) in [6.45, 7) is 7.69. The van der Waals surface area contributed by atoms with Gasteiger partial charge < -0.3 is 9.80 Å². The number of carbonyl (C=O) groups is 1. The van der Waals surface area contributed by atoms with E-state index >= 15 is 0 Å². The van der Waals surface area contributed by atoms with E-state index in [4.69, 9.17) is 0 Å². The zero-order valence-electron chi connectivity index (χ0n) is 14.3. The van der Waals surface area contributed by atoms with E-state index in [-0.39, 0.29) is 0 Å². The normalized spacial score (nSPS) is 25.7. The molecule has 1 saturated heterocycles. The Morgan fingerprint density at radius 1 is 1.14 bits per heavy atom. The molecule has 1 aliphatic heterocycles. The van der Waals surface area contributed by atoms with E-state index in [2.05, 4.69) is 30.7 Å². The highest BCUT2D eigenvalue weighted by atomic mass is 16.2. The Bertz CT molecular complexity index is 323. The van der Waals surface area contributed by atoms with E-state index in [1.165, 1.54) is 32.1 Å². The fraction of sp³-hybridized carbons (Fsp3) is 0.944. The van der Waals surface area contributed by atoms with Gasteiger partial charge in [-0.15, -0.1) is 0 Å². The molecule has 0 aromatic carbocycles. The van der Waals surface area contributed by atoms with E-state index in [1.807, 2.05) is 0 Å². The first-order chi connectivity index (χ1) is 10.1. The van der Waals surface area contributed by atoms with Crippen LogP contribution in [0.5, 0.6) is 0 Å². The van der Waals surface area contributed by atoms with Crippen molar-refractivity contribution in [3.05, 3.63) is 0 Å². The molecule has 0 aromatic heterocycles. The van der Waals surface area contributed by atoms with Gasteiger partial charge in [0.1, 0.15) is 0 Å². The summed E-state index contributed by atoms with van der Waals surface area (Å²) in [7, 11) is 2.23. The molecule has 1 heterocycles. The zero-order chi connectivity index (χ0) is 15.2. The minimum atomic E-state index is 0.404. The van der Waals surface area contributed by atoms with Crippen molar-refractivity contribution in [2.24, 2.45) is 11.8 Å². The molecule has 3 heteroatoms. The summed E-state index contributed by atoms with van der Waals surface area (Å²) in [5.74, 6) is 1.88. The smallest absolute Gasteiger partial charge is 0.222 e. The highest BCUT2D eigenvalue weighted by Gasteiger charge is 2.27. The van der Waals surface area contributed by atoms with Crippen molar-refractivity contribution in [1.29, 1.82) is 0 Å². The lowest BCUT2D eigenvalue weighted by Gasteiger charge is -2.30. The fourth-order valence-electron chi connectivity index (χ4n) is 4.06. The van der Waals surface area contributed by atoms with E-state index in [0.29, 0.717) is 17.9 Å². The third-order valence-electron chi connectivity index (χ3n) is 5.26. The fourth-order valence-corrected chi connectivity index (χ4v) is 4.06. The van der Waals surface area contributed by atoms with Crippen LogP contribution in [0.1, 0.15) is 65.2 Å². The highest BCUT2D eigenvalue weighted by molar-refractivity contribution is 5.76. The number of amides is 1. The molecule has 2 rings (SSSR count). The standard InChI is InChI=1S/C18H34N2O/c1-15(2)13-19(3)17-9-10-18(21)20(12-11-17)14-16-7-5-4-6-8-16/h15-17H,4-14H2,1-3H3. The van der Waals surface area contributed by atoms with Crippen LogP contribution in [0.3, 0.4) is 0 Å². The van der Waals surface area contributed by atoms with Gasteiger partial charge >= 0.3 is 0 Å². The van der Waals surface area contributed by atoms with Gasteiger partial charge in [0.05, 0.1) is 0 Å². The predicted molar refractivity (Wildman–Crippen MR) is 88.3 cm³/mol. The molecule has 0 N–H and O–H groups in total. The first-order valence-electron chi connectivity index (χ1n) is 9.04. The molecule has 1 aliphatic carbocycles. The quantitative estimate of drug-likeness (QED) is 0.774. The Hall–Kier alpha value is -0.570. The monoisotopic (exact) mass is 294 g/mol. The van der Waals surface area contributed by atoms with Crippen molar-refractivity contribution in [3.63, 3.8) is 0 Å². The van der Waals surface area contributed by atoms with Crippen LogP contribution in [0.25, 0.3) is 0 Å². The van der Waals surface area contributed by atoms with Crippen molar-refractivity contribution in [1.82, 2.24) is 9.80 Å². The third-order valence-corrected chi connectivity index (χ3v) is 5.26. The molecule has 122 valence electrons. The van der Waals surface area contributed by atoms with Crippen LogP contribution in [0.15, 0.2) is 0 Å². The SMILES string of the molecule is CC(C)CN(C)C1CCC(=O)N(CC2CCCCC2)CC1. The highest BCUT2D eigenvalue weighted by Crippen LogP contribution is 2.26. The first-order valence-corrected chi connectivity index (χ1v) is 9.04. The molecule has 2 fully saturated rings. The van der Waals surface area contributed by atoms with E-state index in [9.17, 15) is 4.79 Å². The Morgan fingerprint density at radius 2 is 1.86 bits per heavy atom. The largest absolute Gasteiger partial charge is 0.342 e. The third kappa shape index (κ3) is 5.28. The van der Waals surface area contributed by atoms with Crippen molar-refractivity contribution in [2.75, 3.05) is 26.7 Å². The molecular weight excluding hydrogens is 260 g/mol. The molecule has 0 bridgehead atoms. The number of nitrogens with zero attached hydrogens (tertiary/aromatic N) is 2. The Morgan fingerprint density at radius 3 is 2.52 bits per heavy atom. The first kappa shape index (κ1) is 16.8. The number of likely N-dealkylation sites (tertiary alicyclic amines) is 1. The Labute approximate surface area is 131 Å². The van der Waals surface area contributed by atoms with Gasteiger partial charge in [0.2, 0.25) is 5.91 Å². The molecule has 1 unspecified atom stereocenters. The molecule has 3 nitrogen and oxygen atoms in total. The lowest BCUT2D eigenvalue weighted by Crippen LogP contribution is -2.37. The van der Waals surface area contributed by atoms with Gasteiger partial charge in [-0.3, -0.25) is 4.79 Å². The van der Waals surface area contributed by atoms with Crippen molar-refractivity contribution in [2.45, 2.75) is 71.3 Å². The summed E-state index contributed by atoms with van der Waals surface area (Å²) in [5.41, 5.74) is 0. The average Bonchev–Trinajstić information content (AvgIpc) is 2.62. The number of hydrogen-bond acceptors (Lipinski definition) is 2. The molecular formula is C18H34N2O. The average molecular weight is 294 g/mol. The zero-order valence-corrected chi connectivity index (χ0v) is 14.3. The minimum absolute atomic E-state index is 0.404. The van der Waals surface area contributed by atoms with Crippen LogP contribution in [0, 0.1) is 11.8 Å². The maximum absolute atomic E-state index is 12.4. The van der Waals surface area contributed by atoms with Crippen molar-refractivity contribution < 1.29 is 4.79 Å². The summed E-state index contributed by atoms with van der Waals surface area (Å²) < 4.78 is 0. The van der Waals surface area contributed by atoms with E-state index < -0.39 is 0 Å². The topological polar surface area (TPSA) is 23.6 Å². The second-order valence-corrected chi connectivity index (χ2v) is 7.66. The van der Waals surface area contributed by atoms with Gasteiger partial charge in [-0.05, 0) is 44.6 Å². The maximum atomic E-state index is 12.4. The second kappa shape index (κ2) is 8.17. The summed E-state index contributed by atoms with van der Waals surface area (Å²) in [5, 5.41) is 0. The summed E-state index contributed by atoms with van der Waals surface area (Å²) in [4.78, 5) is 17.0. The van der Waals surface area contributed by atoms with Crippen LogP contribution >= 0.6 is 0 Å². The van der Waals surface area contributed by atoms with Crippen LogP contribution in [-0.2, 0) is 4.79 Å². The predicted octanol–water partition coefficient (Wildman–Crippen LogP) is 3.54. The Kier molecular flexibility index (Phi) is 6.53. The molecule has 1 atom stereocenters. The van der Waals surface area contributed by atoms with Crippen molar-refractivity contribution in [3.8, 4) is 0 Å². The van der Waals surface area contributed by atoms with Crippen LogP contribution in [0.2, 0.25) is 0 Å². The number of carbonyl (C=O) groups excluding carboxylic acids is 1. The van der Waals surface area contributed by atoms with Crippen LogP contribution < -0.4 is 0 Å². The molecule has 21 heavy (non-hydrogen) atoms. The summed E-state index contributed by atoms with van der Waals surface area (Å²) in [6, 6.07) is 0.590. The summed E-state index contributed by atoms with van der Waals surface area (Å²) >= 11 is 0. The molecule has 1 amide bonds. The van der Waals surface area contributed by atoms with Gasteiger partial charge in [0, 0.05) is 32.1 Å². The van der Waals surface area contributed by atoms with Gasteiger partial charge in [0.25, 0.3) is 0 Å². The van der Waals surface area contributed by atoms with Crippen LogP contribution in [-0.4, -0.2) is 48.4 Å². The van der Waals surface area contributed by atoms with Crippen LogP contribution in [0.4, 0.5) is 0 Å². The van der Waals surface area contributed by atoms with E-state index in [0.717, 1.165) is 44.8 Å². The Balaban J connectivity index is 1.83. The van der Waals surface area contributed by atoms with Gasteiger partial charge in [0.15, 0.2) is 0 Å². The van der Waals surface area contributed by atoms with E-state index in [1.54, 1.807) is 0 Å². The molecule has 1 saturated carbocycles. The molecule has 2 aliphatic rings. The van der Waals surface area contributed by atoms with Crippen molar-refractivity contribution >= 4 is 5.91 Å². The number of hydrogen-bond donors (Lipinski definition) is 0. The molecule has 0 aromatic rings. The molecule has 0 radical (unpaired) electrons. The maximum Gasteiger partial charge on any atom is 0.222 e. The second-order valence-electron chi connectivity index (χ2n) is 7.66. The number of rotatable bonds is 5. The van der Waals surface area contributed by atoms with Gasteiger partial charge in [-0.25, -0.2) is 0 Å². The molecule has 0 spiro atoms. The van der Waals surface area contributed by atoms with Gasteiger partial charge in [-0.2, -0.15) is 0 Å². The summed E-state index contributed by atoms with van der Waals surface area (Å²) in [6.07, 6.45) is 9.75. The van der Waals surface area contributed by atoms with Gasteiger partial charge in [-0.1, -0.05) is 33.1 Å². The lowest BCUT2D eigenvalue weighted by atomic mass is 9.89. The lowest BCUT2D eigenvalue weighted by molar-refractivity contribution is -0.131. The minimum Gasteiger partial charge on any atom is -0.342 e.